The first-order valence-electron chi connectivity index (χ1n) is 5.74. The van der Waals surface area contributed by atoms with Gasteiger partial charge in [0.2, 0.25) is 0 Å². The first-order valence-corrected chi connectivity index (χ1v) is 5.74. The highest BCUT2D eigenvalue weighted by Crippen LogP contribution is 2.24. The minimum Gasteiger partial charge on any atom is -0.486 e. The zero-order valence-corrected chi connectivity index (χ0v) is 9.63. The van der Waals surface area contributed by atoms with Crippen LogP contribution in [0.5, 0.6) is 5.75 Å². The van der Waals surface area contributed by atoms with Crippen LogP contribution in [0.25, 0.3) is 10.8 Å². The van der Waals surface area contributed by atoms with Crippen LogP contribution in [0.3, 0.4) is 0 Å². The number of carboxylic acid groups (broad SMARTS) is 1. The van der Waals surface area contributed by atoms with Crippen LogP contribution in [0.2, 0.25) is 0 Å². The van der Waals surface area contributed by atoms with Crippen molar-refractivity contribution < 1.29 is 19.4 Å². The summed E-state index contributed by atoms with van der Waals surface area (Å²) in [4.78, 5) is 10.9. The number of ether oxygens (including phenoxy) is 2. The van der Waals surface area contributed by atoms with Crippen molar-refractivity contribution in [2.45, 2.75) is 6.10 Å². The number of fused-ring (bicyclic) bond motifs is 1. The molecule has 1 saturated heterocycles. The molecule has 0 atom stereocenters. The van der Waals surface area contributed by atoms with Gasteiger partial charge in [0.1, 0.15) is 11.9 Å². The maximum Gasteiger partial charge on any atom is 0.335 e. The van der Waals surface area contributed by atoms with Gasteiger partial charge in [0.25, 0.3) is 0 Å². The van der Waals surface area contributed by atoms with Crippen molar-refractivity contribution in [3.8, 4) is 5.75 Å². The topological polar surface area (TPSA) is 55.8 Å². The molecular formula is C14H12O4. The molecular weight excluding hydrogens is 232 g/mol. The van der Waals surface area contributed by atoms with Crippen molar-refractivity contribution in [3.63, 3.8) is 0 Å². The Balaban J connectivity index is 1.92. The third kappa shape index (κ3) is 2.02. The second-order valence-electron chi connectivity index (χ2n) is 4.31. The average Bonchev–Trinajstić information content (AvgIpc) is 2.33. The lowest BCUT2D eigenvalue weighted by Gasteiger charge is -2.26. The molecule has 2 aromatic carbocycles. The van der Waals surface area contributed by atoms with Crippen molar-refractivity contribution in [2.24, 2.45) is 0 Å². The molecule has 1 aliphatic rings. The summed E-state index contributed by atoms with van der Waals surface area (Å²) in [5.74, 6) is -0.122. The monoisotopic (exact) mass is 244 g/mol. The Labute approximate surface area is 104 Å². The summed E-state index contributed by atoms with van der Waals surface area (Å²) in [7, 11) is 0. The Morgan fingerprint density at radius 2 is 1.89 bits per heavy atom. The van der Waals surface area contributed by atoms with Gasteiger partial charge in [-0.3, -0.25) is 0 Å². The molecule has 4 nitrogen and oxygen atoms in total. The highest BCUT2D eigenvalue weighted by atomic mass is 16.6. The maximum atomic E-state index is 10.9. The van der Waals surface area contributed by atoms with Crippen LogP contribution in [0, 0.1) is 0 Å². The number of benzene rings is 2. The molecule has 1 heterocycles. The van der Waals surface area contributed by atoms with E-state index in [1.807, 2.05) is 18.2 Å². The van der Waals surface area contributed by atoms with Gasteiger partial charge in [-0.25, -0.2) is 4.79 Å². The molecule has 0 amide bonds. The van der Waals surface area contributed by atoms with E-state index < -0.39 is 5.97 Å². The number of hydrogen-bond acceptors (Lipinski definition) is 3. The molecule has 18 heavy (non-hydrogen) atoms. The summed E-state index contributed by atoms with van der Waals surface area (Å²) in [6, 6.07) is 10.7. The van der Waals surface area contributed by atoms with Gasteiger partial charge < -0.3 is 14.6 Å². The zero-order valence-electron chi connectivity index (χ0n) is 9.63. The van der Waals surface area contributed by atoms with Gasteiger partial charge in [0, 0.05) is 0 Å². The molecule has 3 rings (SSSR count). The number of hydrogen-bond donors (Lipinski definition) is 1. The predicted octanol–water partition coefficient (Wildman–Crippen LogP) is 2.32. The van der Waals surface area contributed by atoms with Gasteiger partial charge in [-0.2, -0.15) is 0 Å². The molecule has 92 valence electrons. The first kappa shape index (κ1) is 11.0. The van der Waals surface area contributed by atoms with Crippen LogP contribution in [0.1, 0.15) is 10.4 Å². The van der Waals surface area contributed by atoms with E-state index in [9.17, 15) is 4.79 Å². The number of rotatable bonds is 3. The average molecular weight is 244 g/mol. The molecule has 0 aliphatic carbocycles. The molecule has 2 aromatic rings. The predicted molar refractivity (Wildman–Crippen MR) is 66.1 cm³/mol. The Hall–Kier alpha value is -2.07. The number of carboxylic acids is 1. The van der Waals surface area contributed by atoms with Crippen molar-refractivity contribution in [1.82, 2.24) is 0 Å². The van der Waals surface area contributed by atoms with Gasteiger partial charge in [0.05, 0.1) is 18.8 Å². The van der Waals surface area contributed by atoms with Crippen molar-refractivity contribution in [3.05, 3.63) is 42.0 Å². The van der Waals surface area contributed by atoms with E-state index in [0.29, 0.717) is 18.8 Å². The molecule has 0 spiro atoms. The zero-order chi connectivity index (χ0) is 12.5. The quantitative estimate of drug-likeness (QED) is 0.900. The third-order valence-electron chi connectivity index (χ3n) is 2.97. The molecule has 4 heteroatoms. The maximum absolute atomic E-state index is 10.9. The van der Waals surface area contributed by atoms with E-state index in [1.165, 1.54) is 0 Å². The van der Waals surface area contributed by atoms with Gasteiger partial charge >= 0.3 is 5.97 Å². The van der Waals surface area contributed by atoms with Crippen LogP contribution in [-0.4, -0.2) is 30.4 Å². The van der Waals surface area contributed by atoms with E-state index in [2.05, 4.69) is 0 Å². The summed E-state index contributed by atoms with van der Waals surface area (Å²) >= 11 is 0. The lowest BCUT2D eigenvalue weighted by Crippen LogP contribution is -2.38. The van der Waals surface area contributed by atoms with Crippen molar-refractivity contribution >= 4 is 16.7 Å². The smallest absolute Gasteiger partial charge is 0.335 e. The lowest BCUT2D eigenvalue weighted by atomic mass is 10.1. The molecule has 1 aliphatic heterocycles. The van der Waals surface area contributed by atoms with Gasteiger partial charge in [-0.05, 0) is 35.0 Å². The summed E-state index contributed by atoms with van der Waals surface area (Å²) < 4.78 is 10.7. The Kier molecular flexibility index (Phi) is 2.64. The van der Waals surface area contributed by atoms with Gasteiger partial charge in [0.15, 0.2) is 0 Å². The van der Waals surface area contributed by atoms with Crippen molar-refractivity contribution in [1.29, 1.82) is 0 Å². The van der Waals surface area contributed by atoms with Crippen molar-refractivity contribution in [2.75, 3.05) is 13.2 Å². The Morgan fingerprint density at radius 3 is 2.56 bits per heavy atom. The summed E-state index contributed by atoms with van der Waals surface area (Å²) in [5, 5.41) is 10.8. The third-order valence-corrected chi connectivity index (χ3v) is 2.97. The van der Waals surface area contributed by atoms with E-state index in [1.54, 1.807) is 18.2 Å². The van der Waals surface area contributed by atoms with Crippen LogP contribution < -0.4 is 4.74 Å². The second kappa shape index (κ2) is 4.31. The molecule has 1 fully saturated rings. The second-order valence-corrected chi connectivity index (χ2v) is 4.31. The van der Waals surface area contributed by atoms with E-state index in [-0.39, 0.29) is 6.10 Å². The molecule has 0 saturated carbocycles. The highest BCUT2D eigenvalue weighted by Gasteiger charge is 2.20. The number of aromatic carboxylic acids is 1. The van der Waals surface area contributed by atoms with Crippen LogP contribution in [0.15, 0.2) is 36.4 Å². The first-order chi connectivity index (χ1) is 8.72. The minimum absolute atomic E-state index is 0.140. The standard InChI is InChI=1S/C14H12O4/c15-14(16)11-2-1-10-6-12(4-3-9(10)5-11)18-13-7-17-8-13/h1-6,13H,7-8H2,(H,15,16). The number of carbonyl (C=O) groups is 1. The fourth-order valence-corrected chi connectivity index (χ4v) is 1.90. The molecule has 0 bridgehead atoms. The van der Waals surface area contributed by atoms with Gasteiger partial charge in [-0.15, -0.1) is 0 Å². The Bertz CT molecular complexity index is 602. The SMILES string of the molecule is O=C(O)c1ccc2cc(OC3COC3)ccc2c1. The largest absolute Gasteiger partial charge is 0.486 e. The minimum atomic E-state index is -0.913. The molecule has 1 N–H and O–H groups in total. The van der Waals surface area contributed by atoms with Crippen LogP contribution in [0.4, 0.5) is 0 Å². The molecule has 0 unspecified atom stereocenters. The van der Waals surface area contributed by atoms with E-state index in [4.69, 9.17) is 14.6 Å². The Morgan fingerprint density at radius 1 is 1.17 bits per heavy atom. The van der Waals surface area contributed by atoms with Crippen LogP contribution in [-0.2, 0) is 4.74 Å². The van der Waals surface area contributed by atoms with E-state index >= 15 is 0 Å². The fraction of sp³-hybridized carbons (Fsp3) is 0.214. The summed E-state index contributed by atoms with van der Waals surface area (Å²) in [6.07, 6.45) is 0.140. The lowest BCUT2D eigenvalue weighted by molar-refractivity contribution is -0.0796. The molecule has 0 radical (unpaired) electrons. The summed E-state index contributed by atoms with van der Waals surface area (Å²) in [6.45, 7) is 1.27. The summed E-state index contributed by atoms with van der Waals surface area (Å²) in [5.41, 5.74) is 0.295. The van der Waals surface area contributed by atoms with Crippen LogP contribution >= 0.6 is 0 Å². The fourth-order valence-electron chi connectivity index (χ4n) is 1.90. The highest BCUT2D eigenvalue weighted by molar-refractivity contribution is 5.94. The normalized spacial score (nSPS) is 15.3. The van der Waals surface area contributed by atoms with E-state index in [0.717, 1.165) is 16.5 Å². The molecule has 0 aromatic heterocycles. The van der Waals surface area contributed by atoms with Gasteiger partial charge in [-0.1, -0.05) is 12.1 Å².